The Morgan fingerprint density at radius 3 is 2.24 bits per heavy atom. The summed E-state index contributed by atoms with van der Waals surface area (Å²) in [5.74, 6) is -1.79. The van der Waals surface area contributed by atoms with Crippen LogP contribution in [0.2, 0.25) is 18.1 Å². The number of hydrogen-bond acceptors (Lipinski definition) is 3. The van der Waals surface area contributed by atoms with E-state index in [-0.39, 0.29) is 17.4 Å². The van der Waals surface area contributed by atoms with E-state index in [1.807, 2.05) is 0 Å². The first kappa shape index (κ1) is 21.5. The van der Waals surface area contributed by atoms with E-state index < -0.39 is 31.6 Å². The number of aromatic carboxylic acids is 1. The largest absolute Gasteiger partial charge is 0.493 e. The van der Waals surface area contributed by atoms with E-state index in [1.54, 1.807) is 0 Å². The van der Waals surface area contributed by atoms with Crippen molar-refractivity contribution in [3.63, 3.8) is 0 Å². The second-order valence-corrected chi connectivity index (χ2v) is 12.1. The molecule has 0 aliphatic carbocycles. The highest BCUT2D eigenvalue weighted by molar-refractivity contribution is 6.74. The summed E-state index contributed by atoms with van der Waals surface area (Å²) in [4.78, 5) is 10.8. The molecule has 0 radical (unpaired) electrons. The minimum absolute atomic E-state index is 0.0595. The summed E-state index contributed by atoms with van der Waals surface area (Å²) in [5.41, 5.74) is -1.52. The molecular weight excluding hydrogens is 353 g/mol. The van der Waals surface area contributed by atoms with Crippen LogP contribution in [0.3, 0.4) is 0 Å². The van der Waals surface area contributed by atoms with E-state index in [2.05, 4.69) is 33.9 Å². The third-order valence-electron chi connectivity index (χ3n) is 4.35. The van der Waals surface area contributed by atoms with Gasteiger partial charge in [0.2, 0.25) is 0 Å². The van der Waals surface area contributed by atoms with Crippen molar-refractivity contribution in [1.82, 2.24) is 0 Å². The summed E-state index contributed by atoms with van der Waals surface area (Å²) in [6, 6.07) is 2.73. The fraction of sp³-hybridized carbons (Fsp3) is 0.588. The Morgan fingerprint density at radius 1 is 1.16 bits per heavy atom. The molecule has 0 atom stereocenters. The zero-order valence-electron chi connectivity index (χ0n) is 15.2. The maximum atomic E-state index is 13.1. The van der Waals surface area contributed by atoms with Gasteiger partial charge in [-0.05, 0) is 36.3 Å². The summed E-state index contributed by atoms with van der Waals surface area (Å²) in [6.45, 7) is 11.0. The van der Waals surface area contributed by atoms with Crippen LogP contribution in [0.1, 0.15) is 43.1 Å². The van der Waals surface area contributed by atoms with Gasteiger partial charge in [-0.1, -0.05) is 20.8 Å². The maximum absolute atomic E-state index is 13.1. The Bertz CT molecular complexity index is 607. The fourth-order valence-corrected chi connectivity index (χ4v) is 2.88. The lowest BCUT2D eigenvalue weighted by atomic mass is 10.1. The minimum atomic E-state index is -4.68. The molecule has 0 unspecified atom stereocenters. The molecule has 0 heterocycles. The molecule has 142 valence electrons. The number of ether oxygens (including phenoxy) is 1. The van der Waals surface area contributed by atoms with Crippen LogP contribution in [0.5, 0.6) is 5.75 Å². The third-order valence-corrected chi connectivity index (χ3v) is 8.89. The summed E-state index contributed by atoms with van der Waals surface area (Å²) in [6.07, 6.45) is -4.23. The molecule has 8 heteroatoms. The van der Waals surface area contributed by atoms with Gasteiger partial charge in [0.1, 0.15) is 5.75 Å². The molecule has 1 aromatic carbocycles. The molecule has 0 bridgehead atoms. The van der Waals surface area contributed by atoms with Gasteiger partial charge >= 0.3 is 12.1 Å². The number of alkyl halides is 3. The first-order valence-electron chi connectivity index (χ1n) is 7.97. The average molecular weight is 378 g/mol. The zero-order valence-corrected chi connectivity index (χ0v) is 16.2. The van der Waals surface area contributed by atoms with Crippen molar-refractivity contribution in [2.45, 2.75) is 51.5 Å². The molecule has 0 fully saturated rings. The molecule has 0 amide bonds. The van der Waals surface area contributed by atoms with Crippen molar-refractivity contribution in [2.75, 3.05) is 13.2 Å². The van der Waals surface area contributed by atoms with Crippen LogP contribution in [-0.2, 0) is 10.6 Å². The summed E-state index contributed by atoms with van der Waals surface area (Å²) >= 11 is 0. The van der Waals surface area contributed by atoms with E-state index in [0.717, 1.165) is 12.1 Å². The molecule has 1 rings (SSSR count). The Labute approximate surface area is 147 Å². The standard InChI is InChI=1S/C17H25F3O4Si/c1-16(2,3)25(4,5)24-10-6-9-23-14-8-7-12(15(21)22)11-13(14)17(18,19)20/h7-8,11H,6,9-10H2,1-5H3,(H,21,22). The number of benzene rings is 1. The normalized spacial score (nSPS) is 13.0. The lowest BCUT2D eigenvalue weighted by Gasteiger charge is -2.36. The van der Waals surface area contributed by atoms with Gasteiger partial charge in [0, 0.05) is 13.0 Å². The maximum Gasteiger partial charge on any atom is 0.419 e. The average Bonchev–Trinajstić information content (AvgIpc) is 2.44. The number of carboxylic acids is 1. The van der Waals surface area contributed by atoms with Crippen molar-refractivity contribution in [3.8, 4) is 5.75 Å². The van der Waals surface area contributed by atoms with Crippen molar-refractivity contribution in [3.05, 3.63) is 29.3 Å². The lowest BCUT2D eigenvalue weighted by Crippen LogP contribution is -2.41. The second-order valence-electron chi connectivity index (χ2n) is 7.32. The zero-order chi connectivity index (χ0) is 19.5. The van der Waals surface area contributed by atoms with Crippen molar-refractivity contribution in [1.29, 1.82) is 0 Å². The molecule has 1 N–H and O–H groups in total. The number of carbonyl (C=O) groups is 1. The summed E-state index contributed by atoms with van der Waals surface area (Å²) in [5, 5.41) is 8.89. The third kappa shape index (κ3) is 6.04. The predicted molar refractivity (Wildman–Crippen MR) is 91.7 cm³/mol. The predicted octanol–water partition coefficient (Wildman–Crippen LogP) is 5.19. The second kappa shape index (κ2) is 7.78. The van der Waals surface area contributed by atoms with Gasteiger partial charge in [-0.25, -0.2) is 4.79 Å². The van der Waals surface area contributed by atoms with Gasteiger partial charge in [0.05, 0.1) is 17.7 Å². The number of halogens is 3. The molecule has 4 nitrogen and oxygen atoms in total. The van der Waals surface area contributed by atoms with Crippen LogP contribution in [-0.4, -0.2) is 32.6 Å². The molecule has 0 aromatic heterocycles. The smallest absolute Gasteiger partial charge is 0.419 e. The number of carboxylic acid groups (broad SMARTS) is 1. The van der Waals surface area contributed by atoms with Crippen LogP contribution in [0.15, 0.2) is 18.2 Å². The first-order chi connectivity index (χ1) is 11.3. The highest BCUT2D eigenvalue weighted by Gasteiger charge is 2.37. The monoisotopic (exact) mass is 378 g/mol. The van der Waals surface area contributed by atoms with Gasteiger partial charge in [-0.15, -0.1) is 0 Å². The van der Waals surface area contributed by atoms with Crippen molar-refractivity contribution >= 4 is 14.3 Å². The Balaban J connectivity index is 2.68. The molecule has 0 aliphatic heterocycles. The SMILES string of the molecule is CC(C)(C)[Si](C)(C)OCCCOc1ccc(C(=O)O)cc1C(F)(F)F. The van der Waals surface area contributed by atoms with Gasteiger partial charge < -0.3 is 14.3 Å². The Morgan fingerprint density at radius 2 is 1.76 bits per heavy atom. The molecule has 0 aliphatic rings. The minimum Gasteiger partial charge on any atom is -0.493 e. The highest BCUT2D eigenvalue weighted by atomic mass is 28.4. The summed E-state index contributed by atoms with van der Waals surface area (Å²) in [7, 11) is -1.90. The quantitative estimate of drug-likeness (QED) is 0.524. The molecule has 0 spiro atoms. The number of hydrogen-bond donors (Lipinski definition) is 1. The van der Waals surface area contributed by atoms with E-state index in [4.69, 9.17) is 14.3 Å². The Hall–Kier alpha value is -1.54. The van der Waals surface area contributed by atoms with Crippen LogP contribution in [0, 0.1) is 0 Å². The number of rotatable bonds is 7. The first-order valence-corrected chi connectivity index (χ1v) is 10.9. The van der Waals surface area contributed by atoms with Crippen LogP contribution >= 0.6 is 0 Å². The lowest BCUT2D eigenvalue weighted by molar-refractivity contribution is -0.139. The molecule has 0 saturated carbocycles. The Kier molecular flexibility index (Phi) is 6.69. The summed E-state index contributed by atoms with van der Waals surface area (Å²) < 4.78 is 50.3. The van der Waals surface area contributed by atoms with E-state index >= 15 is 0 Å². The van der Waals surface area contributed by atoms with Gasteiger partial charge in [-0.3, -0.25) is 0 Å². The molecule has 25 heavy (non-hydrogen) atoms. The van der Waals surface area contributed by atoms with Gasteiger partial charge in [-0.2, -0.15) is 13.2 Å². The van der Waals surface area contributed by atoms with Crippen molar-refractivity contribution < 1.29 is 32.2 Å². The van der Waals surface area contributed by atoms with Crippen LogP contribution < -0.4 is 4.74 Å². The highest BCUT2D eigenvalue weighted by Crippen LogP contribution is 2.38. The van der Waals surface area contributed by atoms with E-state index in [0.29, 0.717) is 19.1 Å². The molecule has 0 saturated heterocycles. The van der Waals surface area contributed by atoms with E-state index in [1.165, 1.54) is 0 Å². The fourth-order valence-electron chi connectivity index (χ4n) is 1.80. The van der Waals surface area contributed by atoms with Gasteiger partial charge in [0.25, 0.3) is 0 Å². The van der Waals surface area contributed by atoms with E-state index in [9.17, 15) is 18.0 Å². The molecular formula is C17H25F3O4Si. The topological polar surface area (TPSA) is 55.8 Å². The van der Waals surface area contributed by atoms with Crippen LogP contribution in [0.25, 0.3) is 0 Å². The van der Waals surface area contributed by atoms with Crippen molar-refractivity contribution in [2.24, 2.45) is 0 Å². The van der Waals surface area contributed by atoms with Crippen LogP contribution in [0.4, 0.5) is 13.2 Å². The molecule has 1 aromatic rings. The van der Waals surface area contributed by atoms with Gasteiger partial charge in [0.15, 0.2) is 8.32 Å².